The van der Waals surface area contributed by atoms with Gasteiger partial charge in [-0.2, -0.15) is 0 Å². The van der Waals surface area contributed by atoms with Crippen molar-refractivity contribution in [2.24, 2.45) is 0 Å². The summed E-state index contributed by atoms with van der Waals surface area (Å²) in [6, 6.07) is 9.92. The van der Waals surface area contributed by atoms with Gasteiger partial charge in [-0.25, -0.2) is 0 Å². The Morgan fingerprint density at radius 3 is 2.60 bits per heavy atom. The van der Waals surface area contributed by atoms with Crippen molar-refractivity contribution in [3.8, 4) is 0 Å². The van der Waals surface area contributed by atoms with Crippen molar-refractivity contribution in [1.82, 2.24) is 0 Å². The molecule has 0 N–H and O–H groups in total. The fourth-order valence-corrected chi connectivity index (χ4v) is 1.32. The number of hydrogen-bond donors (Lipinski definition) is 0. The fraction of sp³-hybridized carbons (Fsp3) is 0.286. The van der Waals surface area contributed by atoms with Crippen molar-refractivity contribution >= 4 is 5.76 Å². The molecule has 1 aromatic rings. The molecule has 1 aromatic carbocycles. The molecule has 0 radical (unpaired) electrons. The Kier molecular flexibility index (Phi) is 4.69. The molecule has 0 atom stereocenters. The van der Waals surface area contributed by atoms with Crippen LogP contribution in [-0.2, 0) is 4.74 Å². The van der Waals surface area contributed by atoms with Gasteiger partial charge in [0.15, 0.2) is 0 Å². The zero-order chi connectivity index (χ0) is 11.1. The highest BCUT2D eigenvalue weighted by Crippen LogP contribution is 2.14. The van der Waals surface area contributed by atoms with Crippen LogP contribution in [0.3, 0.4) is 0 Å². The Morgan fingerprint density at radius 1 is 1.33 bits per heavy atom. The summed E-state index contributed by atoms with van der Waals surface area (Å²) >= 11 is 0. The lowest BCUT2D eigenvalue weighted by Gasteiger charge is -2.05. The number of allylic oxidation sites excluding steroid dienone is 1. The topological polar surface area (TPSA) is 9.23 Å². The number of rotatable bonds is 5. The summed E-state index contributed by atoms with van der Waals surface area (Å²) in [5.41, 5.74) is 2.27. The van der Waals surface area contributed by atoms with Crippen LogP contribution in [-0.4, -0.2) is 0 Å². The van der Waals surface area contributed by atoms with Gasteiger partial charge in [-0.05, 0) is 18.9 Å². The highest BCUT2D eigenvalue weighted by molar-refractivity contribution is 5.57. The van der Waals surface area contributed by atoms with E-state index in [0.717, 1.165) is 18.4 Å². The van der Waals surface area contributed by atoms with Gasteiger partial charge in [0, 0.05) is 5.56 Å². The molecule has 0 saturated carbocycles. The Labute approximate surface area is 92.1 Å². The van der Waals surface area contributed by atoms with Crippen molar-refractivity contribution in [2.45, 2.75) is 26.7 Å². The minimum absolute atomic E-state index is 0.700. The van der Waals surface area contributed by atoms with Gasteiger partial charge >= 0.3 is 0 Å². The summed E-state index contributed by atoms with van der Waals surface area (Å²) in [5.74, 6) is 0.700. The molecule has 15 heavy (non-hydrogen) atoms. The van der Waals surface area contributed by atoms with Gasteiger partial charge in [-0.3, -0.25) is 0 Å². The zero-order valence-electron chi connectivity index (χ0n) is 9.49. The minimum Gasteiger partial charge on any atom is -0.465 e. The fourth-order valence-electron chi connectivity index (χ4n) is 1.32. The van der Waals surface area contributed by atoms with Gasteiger partial charge in [-0.15, -0.1) is 0 Å². The minimum atomic E-state index is 0.700. The number of ether oxygens (including phenoxy) is 1. The molecule has 80 valence electrons. The summed E-state index contributed by atoms with van der Waals surface area (Å²) in [4.78, 5) is 0. The maximum absolute atomic E-state index is 5.49. The lowest BCUT2D eigenvalue weighted by atomic mass is 10.2. The van der Waals surface area contributed by atoms with Crippen molar-refractivity contribution < 1.29 is 4.74 Å². The van der Waals surface area contributed by atoms with E-state index in [1.807, 2.05) is 30.3 Å². The van der Waals surface area contributed by atoms with Crippen molar-refractivity contribution in [1.29, 1.82) is 0 Å². The number of benzene rings is 1. The van der Waals surface area contributed by atoms with Crippen LogP contribution in [0.2, 0.25) is 0 Å². The van der Waals surface area contributed by atoms with Crippen LogP contribution < -0.4 is 0 Å². The van der Waals surface area contributed by atoms with E-state index >= 15 is 0 Å². The Morgan fingerprint density at radius 2 is 2.00 bits per heavy atom. The van der Waals surface area contributed by atoms with Crippen LogP contribution >= 0.6 is 0 Å². The van der Waals surface area contributed by atoms with Crippen LogP contribution in [0.5, 0.6) is 0 Å². The molecule has 0 heterocycles. The van der Waals surface area contributed by atoms with E-state index in [2.05, 4.69) is 20.4 Å². The van der Waals surface area contributed by atoms with Crippen LogP contribution in [0.25, 0.3) is 5.76 Å². The molecular formula is C14H18O. The van der Waals surface area contributed by atoms with Gasteiger partial charge < -0.3 is 4.74 Å². The quantitative estimate of drug-likeness (QED) is 0.644. The molecule has 0 saturated heterocycles. The van der Waals surface area contributed by atoms with Crippen molar-refractivity contribution in [3.05, 3.63) is 54.3 Å². The van der Waals surface area contributed by atoms with E-state index in [1.165, 1.54) is 5.57 Å². The molecule has 0 spiro atoms. The SMILES string of the molecule is C=C(O/C=C(\C)CCC)c1ccccc1. The standard InChI is InChI=1S/C14H18O/c1-4-8-12(2)11-15-13(3)14-9-6-5-7-10-14/h5-7,9-11H,3-4,8H2,1-2H3/b12-11+. The first kappa shape index (κ1) is 11.6. The maximum atomic E-state index is 5.49. The lowest BCUT2D eigenvalue weighted by molar-refractivity contribution is 0.430. The lowest BCUT2D eigenvalue weighted by Crippen LogP contribution is -1.85. The molecule has 0 bridgehead atoms. The normalized spacial score (nSPS) is 11.2. The summed E-state index contributed by atoms with van der Waals surface area (Å²) < 4.78 is 5.49. The monoisotopic (exact) mass is 202 g/mol. The van der Waals surface area contributed by atoms with Gasteiger partial charge in [0.2, 0.25) is 0 Å². The van der Waals surface area contributed by atoms with Gasteiger partial charge in [0.05, 0.1) is 6.26 Å². The van der Waals surface area contributed by atoms with E-state index in [0.29, 0.717) is 5.76 Å². The zero-order valence-corrected chi connectivity index (χ0v) is 9.49. The molecule has 0 unspecified atom stereocenters. The Bertz CT molecular complexity index is 336. The largest absolute Gasteiger partial charge is 0.465 e. The molecule has 0 fully saturated rings. The summed E-state index contributed by atoms with van der Waals surface area (Å²) in [7, 11) is 0. The van der Waals surface area contributed by atoms with Crippen LogP contribution in [0.4, 0.5) is 0 Å². The molecule has 0 aliphatic rings. The second kappa shape index (κ2) is 6.07. The van der Waals surface area contributed by atoms with Gasteiger partial charge in [0.25, 0.3) is 0 Å². The van der Waals surface area contributed by atoms with Crippen LogP contribution in [0.1, 0.15) is 32.3 Å². The first-order chi connectivity index (χ1) is 7.24. The molecular weight excluding hydrogens is 184 g/mol. The predicted molar refractivity (Wildman–Crippen MR) is 65.2 cm³/mol. The molecule has 1 rings (SSSR count). The van der Waals surface area contributed by atoms with Gasteiger partial charge in [-0.1, -0.05) is 50.3 Å². The average Bonchev–Trinajstić information content (AvgIpc) is 2.27. The molecule has 0 aliphatic carbocycles. The van der Waals surface area contributed by atoms with E-state index in [1.54, 1.807) is 6.26 Å². The first-order valence-corrected chi connectivity index (χ1v) is 5.30. The molecule has 0 aromatic heterocycles. The van der Waals surface area contributed by atoms with Crippen LogP contribution in [0, 0.1) is 0 Å². The van der Waals surface area contributed by atoms with Crippen molar-refractivity contribution in [3.63, 3.8) is 0 Å². The average molecular weight is 202 g/mol. The first-order valence-electron chi connectivity index (χ1n) is 5.30. The van der Waals surface area contributed by atoms with Gasteiger partial charge in [0.1, 0.15) is 5.76 Å². The maximum Gasteiger partial charge on any atom is 0.126 e. The smallest absolute Gasteiger partial charge is 0.126 e. The summed E-state index contributed by atoms with van der Waals surface area (Å²) in [5, 5.41) is 0. The molecule has 1 heteroatoms. The Hall–Kier alpha value is -1.50. The van der Waals surface area contributed by atoms with E-state index in [-0.39, 0.29) is 0 Å². The predicted octanol–water partition coefficient (Wildman–Crippen LogP) is 4.38. The molecule has 1 nitrogen and oxygen atoms in total. The highest BCUT2D eigenvalue weighted by atomic mass is 16.5. The van der Waals surface area contributed by atoms with E-state index in [9.17, 15) is 0 Å². The summed E-state index contributed by atoms with van der Waals surface area (Å²) in [6.07, 6.45) is 4.00. The highest BCUT2D eigenvalue weighted by Gasteiger charge is 1.96. The number of hydrogen-bond acceptors (Lipinski definition) is 1. The second-order valence-electron chi connectivity index (χ2n) is 3.62. The third-order valence-corrected chi connectivity index (χ3v) is 2.14. The summed E-state index contributed by atoms with van der Waals surface area (Å²) in [6.45, 7) is 8.12. The van der Waals surface area contributed by atoms with Crippen LogP contribution in [0.15, 0.2) is 48.7 Å². The Balaban J connectivity index is 2.54. The third-order valence-electron chi connectivity index (χ3n) is 2.14. The second-order valence-corrected chi connectivity index (χ2v) is 3.62. The van der Waals surface area contributed by atoms with E-state index in [4.69, 9.17) is 4.74 Å². The third kappa shape index (κ3) is 4.03. The van der Waals surface area contributed by atoms with E-state index < -0.39 is 0 Å². The van der Waals surface area contributed by atoms with Crippen molar-refractivity contribution in [2.75, 3.05) is 0 Å². The molecule has 0 aliphatic heterocycles. The molecule has 0 amide bonds.